The van der Waals surface area contributed by atoms with E-state index in [2.05, 4.69) is 0 Å². The first kappa shape index (κ1) is 16.8. The Morgan fingerprint density at radius 3 is 2.62 bits per heavy atom. The molecule has 2 aromatic rings. The van der Waals surface area contributed by atoms with E-state index in [1.54, 1.807) is 18.2 Å². The molecular formula is C15H12ClNO5S2. The third-order valence-corrected chi connectivity index (χ3v) is 6.11. The number of carbonyl (C=O) groups excluding carboxylic acids is 1. The van der Waals surface area contributed by atoms with Gasteiger partial charge in [0, 0.05) is 6.08 Å². The predicted molar refractivity (Wildman–Crippen MR) is 91.1 cm³/mol. The Labute approximate surface area is 147 Å². The minimum absolute atomic E-state index is 0.0198. The van der Waals surface area contributed by atoms with Crippen LogP contribution < -0.4 is 14.2 Å². The highest BCUT2D eigenvalue weighted by molar-refractivity contribution is 7.92. The lowest BCUT2D eigenvalue weighted by Crippen LogP contribution is -2.28. The molecular weight excluding hydrogens is 374 g/mol. The molecule has 1 aliphatic rings. The van der Waals surface area contributed by atoms with Crippen molar-refractivity contribution in [2.75, 3.05) is 13.2 Å². The van der Waals surface area contributed by atoms with E-state index in [1.165, 1.54) is 18.2 Å². The summed E-state index contributed by atoms with van der Waals surface area (Å²) < 4.78 is 37.1. The Balaban J connectivity index is 1.69. The Kier molecular flexibility index (Phi) is 4.79. The van der Waals surface area contributed by atoms with Crippen LogP contribution in [-0.4, -0.2) is 27.5 Å². The Morgan fingerprint density at radius 1 is 1.17 bits per heavy atom. The van der Waals surface area contributed by atoms with Crippen LogP contribution in [0.15, 0.2) is 40.6 Å². The molecule has 0 fully saturated rings. The summed E-state index contributed by atoms with van der Waals surface area (Å²) in [6.07, 6.45) is 2.63. The maximum atomic E-state index is 12.0. The molecule has 126 valence electrons. The molecule has 0 saturated heterocycles. The molecule has 2 heterocycles. The van der Waals surface area contributed by atoms with Gasteiger partial charge in [0.2, 0.25) is 0 Å². The summed E-state index contributed by atoms with van der Waals surface area (Å²) >= 11 is 6.58. The van der Waals surface area contributed by atoms with Crippen molar-refractivity contribution in [2.24, 2.45) is 0 Å². The Morgan fingerprint density at radius 2 is 1.92 bits per heavy atom. The van der Waals surface area contributed by atoms with Gasteiger partial charge in [-0.15, -0.1) is 11.3 Å². The number of rotatable bonds is 4. The first-order valence-electron chi connectivity index (χ1n) is 6.84. The molecule has 3 rings (SSSR count). The summed E-state index contributed by atoms with van der Waals surface area (Å²) in [5.74, 6) is 0.471. The summed E-state index contributed by atoms with van der Waals surface area (Å²) in [5, 5.41) is 0. The smallest absolute Gasteiger partial charge is 0.273 e. The number of amides is 1. The van der Waals surface area contributed by atoms with Gasteiger partial charge in [0.1, 0.15) is 17.4 Å². The molecule has 0 bridgehead atoms. The summed E-state index contributed by atoms with van der Waals surface area (Å²) in [4.78, 5) is 11.8. The number of fused-ring (bicyclic) bond motifs is 1. The monoisotopic (exact) mass is 385 g/mol. The number of halogens is 1. The maximum Gasteiger partial charge on any atom is 0.273 e. The van der Waals surface area contributed by atoms with Crippen molar-refractivity contribution in [1.29, 1.82) is 0 Å². The minimum atomic E-state index is -3.92. The van der Waals surface area contributed by atoms with E-state index in [1.807, 2.05) is 4.72 Å². The van der Waals surface area contributed by atoms with Crippen molar-refractivity contribution in [3.63, 3.8) is 0 Å². The van der Waals surface area contributed by atoms with E-state index >= 15 is 0 Å². The second-order valence-corrected chi connectivity index (χ2v) is 8.39. The molecule has 1 aromatic heterocycles. The van der Waals surface area contributed by atoms with E-state index < -0.39 is 15.9 Å². The van der Waals surface area contributed by atoms with Crippen molar-refractivity contribution in [3.8, 4) is 11.5 Å². The Hall–Kier alpha value is -2.03. The zero-order chi connectivity index (χ0) is 17.2. The lowest BCUT2D eigenvalue weighted by molar-refractivity contribution is -0.114. The number of ether oxygens (including phenoxy) is 2. The number of hydrogen-bond acceptors (Lipinski definition) is 6. The molecule has 9 heteroatoms. The second-order valence-electron chi connectivity index (χ2n) is 4.76. The van der Waals surface area contributed by atoms with E-state index in [0.717, 1.165) is 17.4 Å². The van der Waals surface area contributed by atoms with Gasteiger partial charge in [0.25, 0.3) is 15.9 Å². The molecule has 0 unspecified atom stereocenters. The van der Waals surface area contributed by atoms with Crippen molar-refractivity contribution >= 4 is 44.9 Å². The van der Waals surface area contributed by atoms with Gasteiger partial charge in [0.15, 0.2) is 11.5 Å². The first-order valence-corrected chi connectivity index (χ1v) is 9.52. The van der Waals surface area contributed by atoms with E-state index in [4.69, 9.17) is 21.1 Å². The molecule has 24 heavy (non-hydrogen) atoms. The van der Waals surface area contributed by atoms with Gasteiger partial charge in [-0.25, -0.2) is 13.1 Å². The topological polar surface area (TPSA) is 81.7 Å². The summed E-state index contributed by atoms with van der Waals surface area (Å²) in [6, 6.07) is 7.98. The van der Waals surface area contributed by atoms with E-state index in [0.29, 0.717) is 34.6 Å². The molecule has 0 spiro atoms. The van der Waals surface area contributed by atoms with Crippen molar-refractivity contribution < 1.29 is 22.7 Å². The predicted octanol–water partition coefficient (Wildman–Crippen LogP) is 2.69. The van der Waals surface area contributed by atoms with Gasteiger partial charge in [-0.2, -0.15) is 0 Å². The van der Waals surface area contributed by atoms with Crippen LogP contribution in [0.25, 0.3) is 6.08 Å². The zero-order valence-corrected chi connectivity index (χ0v) is 14.6. The SMILES string of the molecule is O=C(C=Cc1ccc2c(c1)OCCO2)NS(=O)(=O)c1ccc(Cl)s1. The highest BCUT2D eigenvalue weighted by Crippen LogP contribution is 2.31. The van der Waals surface area contributed by atoms with Crippen LogP contribution in [0.5, 0.6) is 11.5 Å². The first-order chi connectivity index (χ1) is 11.4. The molecule has 1 amide bonds. The highest BCUT2D eigenvalue weighted by Gasteiger charge is 2.18. The van der Waals surface area contributed by atoms with Crippen molar-refractivity contribution in [1.82, 2.24) is 4.72 Å². The average molecular weight is 386 g/mol. The minimum Gasteiger partial charge on any atom is -0.486 e. The van der Waals surface area contributed by atoms with Gasteiger partial charge in [-0.05, 0) is 35.9 Å². The zero-order valence-electron chi connectivity index (χ0n) is 12.2. The summed E-state index contributed by atoms with van der Waals surface area (Å²) in [6.45, 7) is 0.956. The quantitative estimate of drug-likeness (QED) is 0.818. The molecule has 0 saturated carbocycles. The van der Waals surface area contributed by atoms with Gasteiger partial charge >= 0.3 is 0 Å². The summed E-state index contributed by atoms with van der Waals surface area (Å²) in [7, 11) is -3.92. The van der Waals surface area contributed by atoms with Gasteiger partial charge < -0.3 is 9.47 Å². The number of hydrogen-bond donors (Lipinski definition) is 1. The number of thiophene rings is 1. The fraction of sp³-hybridized carbons (Fsp3) is 0.133. The standard InChI is InChI=1S/C15H12ClNO5S2/c16-13-4-6-15(23-13)24(19,20)17-14(18)5-2-10-1-3-11-12(9-10)22-8-7-21-11/h1-6,9H,7-8H2,(H,17,18). The van der Waals surface area contributed by atoms with Crippen molar-refractivity contribution in [2.45, 2.75) is 4.21 Å². The van der Waals surface area contributed by atoms with Gasteiger partial charge in [-0.1, -0.05) is 17.7 Å². The van der Waals surface area contributed by atoms with Crippen LogP contribution in [0.1, 0.15) is 5.56 Å². The van der Waals surface area contributed by atoms with Crippen LogP contribution in [-0.2, 0) is 14.8 Å². The van der Waals surface area contributed by atoms with Crippen LogP contribution in [0, 0.1) is 0 Å². The lowest BCUT2D eigenvalue weighted by Gasteiger charge is -2.18. The second kappa shape index (κ2) is 6.84. The highest BCUT2D eigenvalue weighted by atomic mass is 35.5. The van der Waals surface area contributed by atoms with Gasteiger partial charge in [-0.3, -0.25) is 4.79 Å². The van der Waals surface area contributed by atoms with E-state index in [9.17, 15) is 13.2 Å². The fourth-order valence-electron chi connectivity index (χ4n) is 1.99. The average Bonchev–Trinajstić information content (AvgIpc) is 3.00. The molecule has 1 aliphatic heterocycles. The number of sulfonamides is 1. The third-order valence-electron chi connectivity index (χ3n) is 3.04. The van der Waals surface area contributed by atoms with E-state index in [-0.39, 0.29) is 4.21 Å². The molecule has 6 nitrogen and oxygen atoms in total. The molecule has 1 aromatic carbocycles. The summed E-state index contributed by atoms with van der Waals surface area (Å²) in [5.41, 5.74) is 0.686. The number of benzene rings is 1. The number of nitrogens with one attached hydrogen (secondary N) is 1. The molecule has 0 atom stereocenters. The van der Waals surface area contributed by atoms with Crippen LogP contribution in [0.3, 0.4) is 0 Å². The van der Waals surface area contributed by atoms with Crippen LogP contribution in [0.4, 0.5) is 0 Å². The normalized spacial score (nSPS) is 13.9. The largest absolute Gasteiger partial charge is 0.486 e. The maximum absolute atomic E-state index is 12.0. The Bertz CT molecular complexity index is 904. The molecule has 0 aliphatic carbocycles. The van der Waals surface area contributed by atoms with Crippen molar-refractivity contribution in [3.05, 3.63) is 46.3 Å². The van der Waals surface area contributed by atoms with Gasteiger partial charge in [0.05, 0.1) is 4.34 Å². The van der Waals surface area contributed by atoms with Crippen LogP contribution in [0.2, 0.25) is 4.34 Å². The lowest BCUT2D eigenvalue weighted by atomic mass is 10.2. The third kappa shape index (κ3) is 3.89. The van der Waals surface area contributed by atoms with Crippen LogP contribution >= 0.6 is 22.9 Å². The molecule has 1 N–H and O–H groups in total. The fourth-order valence-corrected chi connectivity index (χ4v) is 4.42. The number of carbonyl (C=O) groups is 1. The molecule has 0 radical (unpaired) electrons.